The molecule has 26 heavy (non-hydrogen) atoms. The SMILES string of the molecule is C[C@H]1OCCN[C@@H]1C(=O)NCc1ccc(C(=O)Nc2ccncc2)cc1. The van der Waals surface area contributed by atoms with E-state index in [2.05, 4.69) is 20.9 Å². The van der Waals surface area contributed by atoms with Crippen LogP contribution in [0.15, 0.2) is 48.8 Å². The van der Waals surface area contributed by atoms with Crippen molar-refractivity contribution in [3.8, 4) is 0 Å². The summed E-state index contributed by atoms with van der Waals surface area (Å²) in [4.78, 5) is 28.4. The molecular weight excluding hydrogens is 332 g/mol. The zero-order valence-corrected chi connectivity index (χ0v) is 14.6. The van der Waals surface area contributed by atoms with Crippen LogP contribution in [0.1, 0.15) is 22.8 Å². The molecular formula is C19H22N4O3. The summed E-state index contributed by atoms with van der Waals surface area (Å²) in [5.41, 5.74) is 2.16. The molecule has 0 radical (unpaired) electrons. The van der Waals surface area contributed by atoms with Crippen LogP contribution in [0.3, 0.4) is 0 Å². The maximum absolute atomic E-state index is 12.2. The fourth-order valence-corrected chi connectivity index (χ4v) is 2.74. The van der Waals surface area contributed by atoms with Crippen LogP contribution in [0.5, 0.6) is 0 Å². The first-order chi connectivity index (χ1) is 12.6. The molecule has 1 aromatic heterocycles. The van der Waals surface area contributed by atoms with Crippen molar-refractivity contribution in [3.63, 3.8) is 0 Å². The number of hydrogen-bond donors (Lipinski definition) is 3. The average molecular weight is 354 g/mol. The number of carbonyl (C=O) groups excluding carboxylic acids is 2. The van der Waals surface area contributed by atoms with Crippen molar-refractivity contribution in [2.24, 2.45) is 0 Å². The lowest BCUT2D eigenvalue weighted by molar-refractivity contribution is -0.129. The Morgan fingerprint density at radius 3 is 2.62 bits per heavy atom. The number of nitrogens with one attached hydrogen (secondary N) is 3. The monoisotopic (exact) mass is 354 g/mol. The number of nitrogens with zero attached hydrogens (tertiary/aromatic N) is 1. The van der Waals surface area contributed by atoms with Gasteiger partial charge in [-0.05, 0) is 36.8 Å². The second-order valence-electron chi connectivity index (χ2n) is 6.11. The molecule has 2 atom stereocenters. The summed E-state index contributed by atoms with van der Waals surface area (Å²) < 4.78 is 5.48. The summed E-state index contributed by atoms with van der Waals surface area (Å²) in [5, 5.41) is 8.86. The number of hydrogen-bond acceptors (Lipinski definition) is 5. The van der Waals surface area contributed by atoms with E-state index in [0.717, 1.165) is 5.56 Å². The molecule has 1 aliphatic rings. The lowest BCUT2D eigenvalue weighted by atomic mass is 10.1. The van der Waals surface area contributed by atoms with E-state index in [-0.39, 0.29) is 24.0 Å². The molecule has 2 heterocycles. The Morgan fingerprint density at radius 2 is 1.92 bits per heavy atom. The van der Waals surface area contributed by atoms with Crippen LogP contribution in [0.2, 0.25) is 0 Å². The van der Waals surface area contributed by atoms with Crippen molar-refractivity contribution < 1.29 is 14.3 Å². The molecule has 1 fully saturated rings. The van der Waals surface area contributed by atoms with Crippen LogP contribution < -0.4 is 16.0 Å². The van der Waals surface area contributed by atoms with Gasteiger partial charge in [0.2, 0.25) is 5.91 Å². The number of amides is 2. The average Bonchev–Trinajstić information content (AvgIpc) is 2.67. The Balaban J connectivity index is 1.52. The van der Waals surface area contributed by atoms with Gasteiger partial charge in [-0.2, -0.15) is 0 Å². The van der Waals surface area contributed by atoms with E-state index in [9.17, 15) is 9.59 Å². The molecule has 3 N–H and O–H groups in total. The normalized spacial score (nSPS) is 19.6. The van der Waals surface area contributed by atoms with Gasteiger partial charge in [0.25, 0.3) is 5.91 Å². The molecule has 136 valence electrons. The Labute approximate surface area is 152 Å². The van der Waals surface area contributed by atoms with Gasteiger partial charge in [-0.25, -0.2) is 0 Å². The first kappa shape index (κ1) is 18.0. The summed E-state index contributed by atoms with van der Waals surface area (Å²) in [6, 6.07) is 10.3. The Bertz CT molecular complexity index is 749. The van der Waals surface area contributed by atoms with E-state index in [1.165, 1.54) is 0 Å². The summed E-state index contributed by atoms with van der Waals surface area (Å²) in [5.74, 6) is -0.277. The summed E-state index contributed by atoms with van der Waals surface area (Å²) in [6.45, 7) is 3.57. The van der Waals surface area contributed by atoms with Gasteiger partial charge in [0.05, 0.1) is 12.7 Å². The molecule has 0 spiro atoms. The highest BCUT2D eigenvalue weighted by Crippen LogP contribution is 2.10. The minimum atomic E-state index is -0.339. The molecule has 0 saturated carbocycles. The highest BCUT2D eigenvalue weighted by atomic mass is 16.5. The van der Waals surface area contributed by atoms with Crippen LogP contribution in [0.4, 0.5) is 5.69 Å². The van der Waals surface area contributed by atoms with E-state index in [4.69, 9.17) is 4.74 Å². The van der Waals surface area contributed by atoms with Gasteiger partial charge in [0.1, 0.15) is 6.04 Å². The lowest BCUT2D eigenvalue weighted by Crippen LogP contribution is -2.55. The largest absolute Gasteiger partial charge is 0.375 e. The predicted octanol–water partition coefficient (Wildman–Crippen LogP) is 1.33. The summed E-state index contributed by atoms with van der Waals surface area (Å²) >= 11 is 0. The molecule has 0 bridgehead atoms. The third kappa shape index (κ3) is 4.65. The number of ether oxygens (including phenoxy) is 1. The van der Waals surface area contributed by atoms with Crippen molar-refractivity contribution in [2.45, 2.75) is 25.6 Å². The minimum absolute atomic E-state index is 0.0864. The van der Waals surface area contributed by atoms with E-state index in [0.29, 0.717) is 30.9 Å². The Morgan fingerprint density at radius 1 is 1.19 bits per heavy atom. The molecule has 1 aromatic carbocycles. The fraction of sp³-hybridized carbons (Fsp3) is 0.316. The van der Waals surface area contributed by atoms with Crippen molar-refractivity contribution >= 4 is 17.5 Å². The van der Waals surface area contributed by atoms with Gasteiger partial charge in [-0.15, -0.1) is 0 Å². The van der Waals surface area contributed by atoms with Gasteiger partial charge >= 0.3 is 0 Å². The summed E-state index contributed by atoms with van der Waals surface area (Å²) in [6.07, 6.45) is 3.09. The van der Waals surface area contributed by atoms with Crippen molar-refractivity contribution in [3.05, 3.63) is 59.9 Å². The number of rotatable bonds is 5. The zero-order valence-electron chi connectivity index (χ0n) is 14.6. The molecule has 1 saturated heterocycles. The minimum Gasteiger partial charge on any atom is -0.375 e. The number of anilines is 1. The smallest absolute Gasteiger partial charge is 0.255 e. The fourth-order valence-electron chi connectivity index (χ4n) is 2.74. The van der Waals surface area contributed by atoms with E-state index in [1.54, 1.807) is 36.7 Å². The maximum Gasteiger partial charge on any atom is 0.255 e. The standard InChI is InChI=1S/C19H22N4O3/c1-13-17(21-10-11-26-13)19(25)22-12-14-2-4-15(5-3-14)18(24)23-16-6-8-20-9-7-16/h2-9,13,17,21H,10-12H2,1H3,(H,22,25)(H,20,23,24)/t13-,17+/m1/s1. The van der Waals surface area contributed by atoms with Crippen LogP contribution in [-0.2, 0) is 16.1 Å². The zero-order chi connectivity index (χ0) is 18.4. The quantitative estimate of drug-likeness (QED) is 0.753. The predicted molar refractivity (Wildman–Crippen MR) is 97.7 cm³/mol. The number of pyridine rings is 1. The second kappa shape index (κ2) is 8.55. The van der Waals surface area contributed by atoms with Crippen LogP contribution >= 0.6 is 0 Å². The van der Waals surface area contributed by atoms with Crippen molar-refractivity contribution in [1.29, 1.82) is 0 Å². The first-order valence-electron chi connectivity index (χ1n) is 8.56. The van der Waals surface area contributed by atoms with Gasteiger partial charge in [-0.1, -0.05) is 12.1 Å². The highest BCUT2D eigenvalue weighted by molar-refractivity contribution is 6.04. The van der Waals surface area contributed by atoms with E-state index >= 15 is 0 Å². The van der Waals surface area contributed by atoms with Gasteiger partial charge < -0.3 is 20.7 Å². The van der Waals surface area contributed by atoms with Gasteiger partial charge in [0.15, 0.2) is 0 Å². The molecule has 2 amide bonds. The number of morpholine rings is 1. The molecule has 1 aliphatic heterocycles. The molecule has 3 rings (SSSR count). The number of benzene rings is 1. The topological polar surface area (TPSA) is 92.4 Å². The molecule has 2 aromatic rings. The van der Waals surface area contributed by atoms with Crippen molar-refractivity contribution in [1.82, 2.24) is 15.6 Å². The maximum atomic E-state index is 12.2. The van der Waals surface area contributed by atoms with Crippen molar-refractivity contribution in [2.75, 3.05) is 18.5 Å². The third-order valence-corrected chi connectivity index (χ3v) is 4.22. The molecule has 7 heteroatoms. The Kier molecular flexibility index (Phi) is 5.93. The van der Waals surface area contributed by atoms with Gasteiger partial charge in [-0.3, -0.25) is 14.6 Å². The molecule has 7 nitrogen and oxygen atoms in total. The second-order valence-corrected chi connectivity index (χ2v) is 6.11. The first-order valence-corrected chi connectivity index (χ1v) is 8.56. The van der Waals surface area contributed by atoms with E-state index < -0.39 is 0 Å². The highest BCUT2D eigenvalue weighted by Gasteiger charge is 2.27. The lowest BCUT2D eigenvalue weighted by Gasteiger charge is -2.29. The molecule has 0 unspecified atom stereocenters. The van der Waals surface area contributed by atoms with Crippen LogP contribution in [0, 0.1) is 0 Å². The molecule has 0 aliphatic carbocycles. The Hall–Kier alpha value is -2.77. The van der Waals surface area contributed by atoms with Gasteiger partial charge in [0, 0.05) is 36.7 Å². The van der Waals surface area contributed by atoms with Crippen LogP contribution in [-0.4, -0.2) is 42.1 Å². The van der Waals surface area contributed by atoms with E-state index in [1.807, 2.05) is 19.1 Å². The number of aromatic nitrogens is 1. The summed E-state index contributed by atoms with van der Waals surface area (Å²) in [7, 11) is 0. The third-order valence-electron chi connectivity index (χ3n) is 4.22. The van der Waals surface area contributed by atoms with Crippen LogP contribution in [0.25, 0.3) is 0 Å². The number of carbonyl (C=O) groups is 2.